The standard InChI is InChI=1S/C14H23N3/c1-16-8-4-2-6-13(16)10-12-11-17-9-5-3-7-14(17)15-12/h11,13H,2-10H2,1H3. The Labute approximate surface area is 104 Å². The molecule has 0 aliphatic carbocycles. The monoisotopic (exact) mass is 233 g/mol. The first-order valence-electron chi connectivity index (χ1n) is 7.08. The van der Waals surface area contributed by atoms with Gasteiger partial charge >= 0.3 is 0 Å². The largest absolute Gasteiger partial charge is 0.335 e. The van der Waals surface area contributed by atoms with E-state index >= 15 is 0 Å². The van der Waals surface area contributed by atoms with Crippen LogP contribution in [-0.4, -0.2) is 34.1 Å². The molecule has 1 aromatic rings. The van der Waals surface area contributed by atoms with Crippen molar-refractivity contribution in [3.05, 3.63) is 17.7 Å². The van der Waals surface area contributed by atoms with Crippen LogP contribution in [-0.2, 0) is 19.4 Å². The van der Waals surface area contributed by atoms with Gasteiger partial charge in [0.05, 0.1) is 5.69 Å². The van der Waals surface area contributed by atoms with Gasteiger partial charge in [-0.05, 0) is 39.3 Å². The van der Waals surface area contributed by atoms with E-state index in [4.69, 9.17) is 4.98 Å². The second-order valence-electron chi connectivity index (χ2n) is 5.63. The summed E-state index contributed by atoms with van der Waals surface area (Å²) >= 11 is 0. The van der Waals surface area contributed by atoms with Crippen molar-refractivity contribution in [2.45, 2.75) is 57.5 Å². The summed E-state index contributed by atoms with van der Waals surface area (Å²) in [6, 6.07) is 0.723. The highest BCUT2D eigenvalue weighted by Crippen LogP contribution is 2.20. The number of likely N-dealkylation sites (N-methyl/N-ethyl adjacent to an activating group) is 1. The van der Waals surface area contributed by atoms with Crippen molar-refractivity contribution in [2.24, 2.45) is 0 Å². The quantitative estimate of drug-likeness (QED) is 0.781. The van der Waals surface area contributed by atoms with Gasteiger partial charge in [0.1, 0.15) is 5.82 Å². The Bertz CT molecular complexity index is 359. The summed E-state index contributed by atoms with van der Waals surface area (Å²) in [5.74, 6) is 1.32. The van der Waals surface area contributed by atoms with Crippen LogP contribution in [0.15, 0.2) is 6.20 Å². The van der Waals surface area contributed by atoms with E-state index < -0.39 is 0 Å². The number of nitrogens with zero attached hydrogens (tertiary/aromatic N) is 3. The summed E-state index contributed by atoms with van der Waals surface area (Å²) in [5.41, 5.74) is 1.32. The molecule has 3 nitrogen and oxygen atoms in total. The third-order valence-corrected chi connectivity index (χ3v) is 4.32. The number of fused-ring (bicyclic) bond motifs is 1. The van der Waals surface area contributed by atoms with Crippen LogP contribution in [0.3, 0.4) is 0 Å². The van der Waals surface area contributed by atoms with E-state index in [9.17, 15) is 0 Å². The molecule has 0 saturated carbocycles. The minimum atomic E-state index is 0.723. The van der Waals surface area contributed by atoms with Crippen molar-refractivity contribution in [3.8, 4) is 0 Å². The lowest BCUT2D eigenvalue weighted by molar-refractivity contribution is 0.184. The zero-order valence-electron chi connectivity index (χ0n) is 10.9. The minimum Gasteiger partial charge on any atom is -0.335 e. The first-order valence-corrected chi connectivity index (χ1v) is 7.08. The molecular formula is C14H23N3. The molecule has 3 heteroatoms. The minimum absolute atomic E-state index is 0.723. The first-order chi connectivity index (χ1) is 8.33. The van der Waals surface area contributed by atoms with Gasteiger partial charge in [-0.3, -0.25) is 0 Å². The Morgan fingerprint density at radius 3 is 2.94 bits per heavy atom. The van der Waals surface area contributed by atoms with Crippen LogP contribution in [0.5, 0.6) is 0 Å². The number of rotatable bonds is 2. The van der Waals surface area contributed by atoms with Crippen LogP contribution in [0.2, 0.25) is 0 Å². The van der Waals surface area contributed by atoms with E-state index in [1.165, 1.54) is 63.1 Å². The second-order valence-corrected chi connectivity index (χ2v) is 5.63. The van der Waals surface area contributed by atoms with Gasteiger partial charge in [0.2, 0.25) is 0 Å². The van der Waals surface area contributed by atoms with Crippen molar-refractivity contribution in [2.75, 3.05) is 13.6 Å². The first kappa shape index (κ1) is 11.3. The van der Waals surface area contributed by atoms with Crippen molar-refractivity contribution in [1.82, 2.24) is 14.5 Å². The molecule has 2 aliphatic rings. The molecule has 3 heterocycles. The molecule has 0 radical (unpaired) electrons. The van der Waals surface area contributed by atoms with Crippen molar-refractivity contribution >= 4 is 0 Å². The summed E-state index contributed by atoms with van der Waals surface area (Å²) in [5, 5.41) is 0. The lowest BCUT2D eigenvalue weighted by atomic mass is 9.99. The van der Waals surface area contributed by atoms with E-state index in [0.29, 0.717) is 0 Å². The van der Waals surface area contributed by atoms with E-state index in [1.54, 1.807) is 0 Å². The van der Waals surface area contributed by atoms with Gasteiger partial charge in [-0.2, -0.15) is 0 Å². The van der Waals surface area contributed by atoms with Crippen LogP contribution in [0.25, 0.3) is 0 Å². The SMILES string of the molecule is CN1CCCCC1Cc1cn2c(n1)CCCC2. The Hall–Kier alpha value is -0.830. The van der Waals surface area contributed by atoms with Gasteiger partial charge < -0.3 is 9.47 Å². The number of hydrogen-bond donors (Lipinski definition) is 0. The third kappa shape index (κ3) is 2.39. The number of piperidine rings is 1. The number of aryl methyl sites for hydroxylation is 2. The summed E-state index contributed by atoms with van der Waals surface area (Å²) in [6.07, 6.45) is 11.4. The lowest BCUT2D eigenvalue weighted by Crippen LogP contribution is -2.37. The summed E-state index contributed by atoms with van der Waals surface area (Å²) in [4.78, 5) is 7.33. The lowest BCUT2D eigenvalue weighted by Gasteiger charge is -2.31. The number of likely N-dealkylation sites (tertiary alicyclic amines) is 1. The smallest absolute Gasteiger partial charge is 0.108 e. The molecule has 1 aromatic heterocycles. The molecule has 3 rings (SSSR count). The average molecular weight is 233 g/mol. The Morgan fingerprint density at radius 2 is 2.12 bits per heavy atom. The predicted octanol–water partition coefficient (Wildman–Crippen LogP) is 2.25. The molecule has 94 valence electrons. The van der Waals surface area contributed by atoms with Gasteiger partial charge in [-0.25, -0.2) is 4.98 Å². The van der Waals surface area contributed by atoms with Crippen LogP contribution in [0.1, 0.15) is 43.6 Å². The molecule has 2 aliphatic heterocycles. The predicted molar refractivity (Wildman–Crippen MR) is 69.1 cm³/mol. The molecule has 0 aromatic carbocycles. The molecule has 1 saturated heterocycles. The van der Waals surface area contributed by atoms with Crippen molar-refractivity contribution in [1.29, 1.82) is 0 Å². The Morgan fingerprint density at radius 1 is 1.24 bits per heavy atom. The van der Waals surface area contributed by atoms with Crippen LogP contribution < -0.4 is 0 Å². The fourth-order valence-corrected chi connectivity index (χ4v) is 3.21. The molecular weight excluding hydrogens is 210 g/mol. The van der Waals surface area contributed by atoms with Crippen molar-refractivity contribution in [3.63, 3.8) is 0 Å². The van der Waals surface area contributed by atoms with Gasteiger partial charge in [0, 0.05) is 31.6 Å². The molecule has 0 N–H and O–H groups in total. The van der Waals surface area contributed by atoms with Crippen molar-refractivity contribution < 1.29 is 0 Å². The molecule has 0 spiro atoms. The molecule has 0 bridgehead atoms. The third-order valence-electron chi connectivity index (χ3n) is 4.32. The van der Waals surface area contributed by atoms with Crippen LogP contribution >= 0.6 is 0 Å². The van der Waals surface area contributed by atoms with E-state index in [0.717, 1.165) is 12.5 Å². The molecule has 17 heavy (non-hydrogen) atoms. The zero-order valence-corrected chi connectivity index (χ0v) is 10.9. The summed E-state index contributed by atoms with van der Waals surface area (Å²) in [6.45, 7) is 2.45. The number of hydrogen-bond acceptors (Lipinski definition) is 2. The normalized spacial score (nSPS) is 25.8. The molecule has 1 atom stereocenters. The molecule has 1 fully saturated rings. The number of aromatic nitrogens is 2. The highest BCUT2D eigenvalue weighted by Gasteiger charge is 2.21. The van der Waals surface area contributed by atoms with E-state index in [2.05, 4.69) is 22.7 Å². The molecule has 0 amide bonds. The van der Waals surface area contributed by atoms with Crippen LogP contribution in [0, 0.1) is 0 Å². The summed E-state index contributed by atoms with van der Waals surface area (Å²) in [7, 11) is 2.26. The Balaban J connectivity index is 1.69. The second kappa shape index (κ2) is 4.81. The highest BCUT2D eigenvalue weighted by molar-refractivity contribution is 5.08. The maximum Gasteiger partial charge on any atom is 0.108 e. The molecule has 1 unspecified atom stereocenters. The van der Waals surface area contributed by atoms with Gasteiger partial charge in [-0.15, -0.1) is 0 Å². The highest BCUT2D eigenvalue weighted by atomic mass is 15.1. The van der Waals surface area contributed by atoms with Gasteiger partial charge in [-0.1, -0.05) is 6.42 Å². The maximum absolute atomic E-state index is 4.82. The number of imidazole rings is 1. The van der Waals surface area contributed by atoms with E-state index in [1.807, 2.05) is 0 Å². The maximum atomic E-state index is 4.82. The fraction of sp³-hybridized carbons (Fsp3) is 0.786. The zero-order chi connectivity index (χ0) is 11.7. The van der Waals surface area contributed by atoms with E-state index in [-0.39, 0.29) is 0 Å². The van der Waals surface area contributed by atoms with Gasteiger partial charge in [0.15, 0.2) is 0 Å². The topological polar surface area (TPSA) is 21.1 Å². The fourth-order valence-electron chi connectivity index (χ4n) is 3.21. The summed E-state index contributed by atoms with van der Waals surface area (Å²) < 4.78 is 2.38. The average Bonchev–Trinajstić information content (AvgIpc) is 2.74. The van der Waals surface area contributed by atoms with Crippen LogP contribution in [0.4, 0.5) is 0 Å². The van der Waals surface area contributed by atoms with Gasteiger partial charge in [0.25, 0.3) is 0 Å². The Kier molecular flexibility index (Phi) is 3.19.